The summed E-state index contributed by atoms with van der Waals surface area (Å²) in [5.41, 5.74) is 3.44. The van der Waals surface area contributed by atoms with Crippen LogP contribution in [0.4, 0.5) is 9.52 Å². The Balaban J connectivity index is 1.51. The van der Waals surface area contributed by atoms with E-state index in [4.69, 9.17) is 4.98 Å². The van der Waals surface area contributed by atoms with Crippen molar-refractivity contribution >= 4 is 27.6 Å². The molecule has 1 aromatic carbocycles. The number of nitrogens with zero attached hydrogens (tertiary/aromatic N) is 3. The van der Waals surface area contributed by atoms with E-state index < -0.39 is 0 Å². The van der Waals surface area contributed by atoms with Gasteiger partial charge in [-0.3, -0.25) is 0 Å². The van der Waals surface area contributed by atoms with Gasteiger partial charge in [0, 0.05) is 59.1 Å². The number of aromatic nitrogens is 3. The van der Waals surface area contributed by atoms with Gasteiger partial charge in [0.25, 0.3) is 0 Å². The maximum Gasteiger partial charge on any atom is 0.205 e. The first kappa shape index (κ1) is 12.6. The lowest BCUT2D eigenvalue weighted by Crippen LogP contribution is -2.29. The molecule has 1 aliphatic carbocycles. The molecule has 1 aliphatic heterocycles. The molecule has 22 heavy (non-hydrogen) atoms. The second-order valence-corrected chi connectivity index (χ2v) is 6.88. The molecule has 3 aromatic rings. The Hall–Kier alpha value is -1.95. The summed E-state index contributed by atoms with van der Waals surface area (Å²) >= 11 is 1.49. The second-order valence-electron chi connectivity index (χ2n) is 6.15. The third-order valence-electron chi connectivity index (χ3n) is 4.58. The molecule has 2 aromatic heterocycles. The molecule has 0 spiro atoms. The van der Waals surface area contributed by atoms with Crippen LogP contribution in [0.5, 0.6) is 0 Å². The Labute approximate surface area is 131 Å². The topological polar surface area (TPSA) is 44.8 Å². The van der Waals surface area contributed by atoms with Gasteiger partial charge in [0.2, 0.25) is 5.13 Å². The molecule has 0 saturated heterocycles. The highest BCUT2D eigenvalue weighted by Crippen LogP contribution is 2.40. The van der Waals surface area contributed by atoms with Crippen molar-refractivity contribution in [2.24, 2.45) is 0 Å². The van der Waals surface area contributed by atoms with E-state index in [0.717, 1.165) is 41.4 Å². The molecular formula is C16H15FN4S. The van der Waals surface area contributed by atoms with Gasteiger partial charge in [-0.05, 0) is 31.0 Å². The summed E-state index contributed by atoms with van der Waals surface area (Å²) in [6, 6.07) is 4.96. The lowest BCUT2D eigenvalue weighted by Gasteiger charge is -2.26. The number of benzene rings is 1. The van der Waals surface area contributed by atoms with Gasteiger partial charge in [0.1, 0.15) is 11.6 Å². The van der Waals surface area contributed by atoms with Crippen molar-refractivity contribution in [3.63, 3.8) is 0 Å². The Bertz CT molecular complexity index is 864. The summed E-state index contributed by atoms with van der Waals surface area (Å²) in [5, 5.41) is 1.99. The molecule has 2 aliphatic rings. The van der Waals surface area contributed by atoms with E-state index >= 15 is 0 Å². The van der Waals surface area contributed by atoms with E-state index in [2.05, 4.69) is 14.3 Å². The summed E-state index contributed by atoms with van der Waals surface area (Å²) in [7, 11) is 0. The monoisotopic (exact) mass is 314 g/mol. The summed E-state index contributed by atoms with van der Waals surface area (Å²) < 4.78 is 18.1. The third kappa shape index (κ3) is 1.94. The molecule has 0 radical (unpaired) electrons. The Morgan fingerprint density at radius 3 is 3.09 bits per heavy atom. The van der Waals surface area contributed by atoms with Crippen molar-refractivity contribution in [2.45, 2.75) is 31.7 Å². The highest BCUT2D eigenvalue weighted by Gasteiger charge is 2.29. The Morgan fingerprint density at radius 2 is 2.23 bits per heavy atom. The van der Waals surface area contributed by atoms with Crippen LogP contribution in [0.2, 0.25) is 0 Å². The molecule has 0 atom stereocenters. The van der Waals surface area contributed by atoms with Crippen LogP contribution in [0.25, 0.3) is 10.9 Å². The first-order valence-corrected chi connectivity index (χ1v) is 8.43. The lowest BCUT2D eigenvalue weighted by molar-refractivity contribution is 0.629. The number of H-pyrrole nitrogens is 1. The van der Waals surface area contributed by atoms with Crippen molar-refractivity contribution in [2.75, 3.05) is 11.4 Å². The standard InChI is InChI=1S/C16H15FN4S/c17-10-3-4-13-11(7-10)12-8-21(6-5-14(12)18-13)16-19-15(20-22-16)9-1-2-9/h3-4,7,9,18H,1-2,5-6,8H2. The minimum atomic E-state index is -0.182. The van der Waals surface area contributed by atoms with Gasteiger partial charge >= 0.3 is 0 Å². The van der Waals surface area contributed by atoms with Gasteiger partial charge in [0.05, 0.1) is 0 Å². The number of aromatic amines is 1. The zero-order valence-electron chi connectivity index (χ0n) is 12.0. The fraction of sp³-hybridized carbons (Fsp3) is 0.375. The maximum atomic E-state index is 13.6. The average Bonchev–Trinajstić information content (AvgIpc) is 3.15. The highest BCUT2D eigenvalue weighted by atomic mass is 32.1. The molecule has 0 amide bonds. The van der Waals surface area contributed by atoms with Crippen LogP contribution >= 0.6 is 11.5 Å². The van der Waals surface area contributed by atoms with Crippen LogP contribution in [-0.2, 0) is 13.0 Å². The van der Waals surface area contributed by atoms with E-state index in [0.29, 0.717) is 5.92 Å². The normalized spacial score (nSPS) is 18.0. The van der Waals surface area contributed by atoms with Crippen molar-refractivity contribution in [1.82, 2.24) is 14.3 Å². The molecule has 1 saturated carbocycles. The van der Waals surface area contributed by atoms with Gasteiger partial charge in [-0.2, -0.15) is 4.37 Å². The van der Waals surface area contributed by atoms with Crippen LogP contribution in [0.3, 0.4) is 0 Å². The van der Waals surface area contributed by atoms with Gasteiger partial charge in [-0.15, -0.1) is 0 Å². The van der Waals surface area contributed by atoms with E-state index in [1.165, 1.54) is 41.7 Å². The van der Waals surface area contributed by atoms with Crippen molar-refractivity contribution < 1.29 is 4.39 Å². The van der Waals surface area contributed by atoms with Crippen LogP contribution in [0.15, 0.2) is 18.2 Å². The number of fused-ring (bicyclic) bond motifs is 3. The molecule has 5 rings (SSSR count). The maximum absolute atomic E-state index is 13.6. The number of hydrogen-bond acceptors (Lipinski definition) is 4. The SMILES string of the molecule is Fc1ccc2[nH]c3c(c2c1)CN(c1nc(C2CC2)ns1)CC3. The number of halogens is 1. The lowest BCUT2D eigenvalue weighted by atomic mass is 10.0. The van der Waals surface area contributed by atoms with Gasteiger partial charge in [0.15, 0.2) is 0 Å². The molecule has 0 bridgehead atoms. The fourth-order valence-corrected chi connectivity index (χ4v) is 3.98. The van der Waals surface area contributed by atoms with Gasteiger partial charge in [-0.1, -0.05) is 0 Å². The fourth-order valence-electron chi connectivity index (χ4n) is 3.21. The largest absolute Gasteiger partial charge is 0.358 e. The molecular weight excluding hydrogens is 299 g/mol. The van der Waals surface area contributed by atoms with Gasteiger partial charge in [-0.25, -0.2) is 9.37 Å². The predicted octanol–water partition coefficient (Wildman–Crippen LogP) is 3.60. The number of anilines is 1. The second kappa shape index (κ2) is 4.52. The zero-order chi connectivity index (χ0) is 14.7. The number of rotatable bonds is 2. The van der Waals surface area contributed by atoms with Crippen LogP contribution in [-0.4, -0.2) is 20.9 Å². The van der Waals surface area contributed by atoms with E-state index in [1.54, 1.807) is 6.07 Å². The number of nitrogens with one attached hydrogen (secondary N) is 1. The summed E-state index contributed by atoms with van der Waals surface area (Å²) in [4.78, 5) is 10.4. The summed E-state index contributed by atoms with van der Waals surface area (Å²) in [6.07, 6.45) is 3.38. The molecule has 6 heteroatoms. The minimum absolute atomic E-state index is 0.182. The predicted molar refractivity (Wildman–Crippen MR) is 84.9 cm³/mol. The Morgan fingerprint density at radius 1 is 1.32 bits per heavy atom. The molecule has 1 N–H and O–H groups in total. The zero-order valence-corrected chi connectivity index (χ0v) is 12.8. The first-order chi connectivity index (χ1) is 10.8. The summed E-state index contributed by atoms with van der Waals surface area (Å²) in [5.74, 6) is 1.42. The van der Waals surface area contributed by atoms with Crippen molar-refractivity contribution in [3.05, 3.63) is 41.1 Å². The summed E-state index contributed by atoms with van der Waals surface area (Å²) in [6.45, 7) is 1.71. The van der Waals surface area contributed by atoms with Crippen molar-refractivity contribution in [1.29, 1.82) is 0 Å². The van der Waals surface area contributed by atoms with Crippen LogP contribution in [0, 0.1) is 5.82 Å². The molecule has 3 heterocycles. The molecule has 112 valence electrons. The molecule has 0 unspecified atom stereocenters. The van der Waals surface area contributed by atoms with E-state index in [9.17, 15) is 4.39 Å². The highest BCUT2D eigenvalue weighted by molar-refractivity contribution is 7.09. The van der Waals surface area contributed by atoms with E-state index in [1.807, 2.05) is 6.07 Å². The first-order valence-electron chi connectivity index (χ1n) is 7.65. The quantitative estimate of drug-likeness (QED) is 0.786. The Kier molecular flexibility index (Phi) is 2.59. The molecule has 4 nitrogen and oxygen atoms in total. The van der Waals surface area contributed by atoms with Crippen LogP contribution < -0.4 is 4.90 Å². The van der Waals surface area contributed by atoms with E-state index in [-0.39, 0.29) is 5.82 Å². The minimum Gasteiger partial charge on any atom is -0.358 e. The van der Waals surface area contributed by atoms with Gasteiger partial charge < -0.3 is 9.88 Å². The number of hydrogen-bond donors (Lipinski definition) is 1. The third-order valence-corrected chi connectivity index (χ3v) is 5.37. The average molecular weight is 314 g/mol. The van der Waals surface area contributed by atoms with Crippen LogP contribution in [0.1, 0.15) is 35.8 Å². The van der Waals surface area contributed by atoms with Crippen molar-refractivity contribution in [3.8, 4) is 0 Å². The molecule has 1 fully saturated rings. The smallest absolute Gasteiger partial charge is 0.205 e.